The zero-order valence-electron chi connectivity index (χ0n) is 11.0. The number of piperazine rings is 1. The van der Waals surface area contributed by atoms with Crippen molar-refractivity contribution < 1.29 is 5.11 Å². The summed E-state index contributed by atoms with van der Waals surface area (Å²) >= 11 is 0. The molecule has 1 aromatic heterocycles. The first-order valence-corrected chi connectivity index (χ1v) is 6.22. The van der Waals surface area contributed by atoms with Crippen LogP contribution in [0.15, 0.2) is 12.4 Å². The van der Waals surface area contributed by atoms with E-state index in [-0.39, 0.29) is 0 Å². The SMILES string of the molecule is CC(C)(O)CN1CCN(c2nccnc2N)CC1. The molecule has 0 radical (unpaired) electrons. The van der Waals surface area contributed by atoms with Crippen molar-refractivity contribution in [3.8, 4) is 0 Å². The summed E-state index contributed by atoms with van der Waals surface area (Å²) in [4.78, 5) is 12.7. The van der Waals surface area contributed by atoms with Crippen LogP contribution in [-0.4, -0.2) is 58.3 Å². The van der Waals surface area contributed by atoms with Crippen molar-refractivity contribution in [1.82, 2.24) is 14.9 Å². The molecule has 0 unspecified atom stereocenters. The maximum Gasteiger partial charge on any atom is 0.171 e. The molecule has 6 heteroatoms. The minimum absolute atomic E-state index is 0.480. The maximum absolute atomic E-state index is 9.80. The summed E-state index contributed by atoms with van der Waals surface area (Å²) in [5, 5.41) is 9.80. The van der Waals surface area contributed by atoms with Gasteiger partial charge in [0, 0.05) is 45.1 Å². The van der Waals surface area contributed by atoms with E-state index >= 15 is 0 Å². The van der Waals surface area contributed by atoms with E-state index in [0.29, 0.717) is 12.4 Å². The van der Waals surface area contributed by atoms with Gasteiger partial charge >= 0.3 is 0 Å². The molecular weight excluding hydrogens is 230 g/mol. The van der Waals surface area contributed by atoms with Crippen LogP contribution in [0.25, 0.3) is 0 Å². The number of anilines is 2. The minimum Gasteiger partial charge on any atom is -0.389 e. The van der Waals surface area contributed by atoms with Gasteiger partial charge in [-0.1, -0.05) is 0 Å². The minimum atomic E-state index is -0.645. The fraction of sp³-hybridized carbons (Fsp3) is 0.667. The number of nitrogen functional groups attached to an aromatic ring is 1. The van der Waals surface area contributed by atoms with E-state index in [1.165, 1.54) is 0 Å². The van der Waals surface area contributed by atoms with Crippen LogP contribution in [0, 0.1) is 0 Å². The second-order valence-electron chi connectivity index (χ2n) is 5.34. The van der Waals surface area contributed by atoms with Gasteiger partial charge in [-0.3, -0.25) is 4.90 Å². The summed E-state index contributed by atoms with van der Waals surface area (Å²) in [7, 11) is 0. The van der Waals surface area contributed by atoms with Crippen molar-refractivity contribution in [2.75, 3.05) is 43.4 Å². The van der Waals surface area contributed by atoms with Crippen molar-refractivity contribution in [3.63, 3.8) is 0 Å². The molecule has 6 nitrogen and oxygen atoms in total. The second kappa shape index (κ2) is 5.07. The van der Waals surface area contributed by atoms with Gasteiger partial charge in [-0.2, -0.15) is 0 Å². The zero-order chi connectivity index (χ0) is 13.2. The zero-order valence-corrected chi connectivity index (χ0v) is 11.0. The topological polar surface area (TPSA) is 78.5 Å². The Morgan fingerprint density at radius 3 is 2.39 bits per heavy atom. The lowest BCUT2D eigenvalue weighted by Gasteiger charge is -2.37. The van der Waals surface area contributed by atoms with E-state index in [0.717, 1.165) is 32.0 Å². The van der Waals surface area contributed by atoms with Crippen molar-refractivity contribution in [2.24, 2.45) is 0 Å². The van der Waals surface area contributed by atoms with E-state index in [4.69, 9.17) is 5.73 Å². The Morgan fingerprint density at radius 2 is 1.83 bits per heavy atom. The lowest BCUT2D eigenvalue weighted by Crippen LogP contribution is -2.50. The molecular formula is C12H21N5O. The van der Waals surface area contributed by atoms with Gasteiger partial charge in [0.25, 0.3) is 0 Å². The number of nitrogens with zero attached hydrogens (tertiary/aromatic N) is 4. The van der Waals surface area contributed by atoms with E-state index < -0.39 is 5.60 Å². The lowest BCUT2D eigenvalue weighted by molar-refractivity contribution is 0.0344. The third-order valence-electron chi connectivity index (χ3n) is 2.99. The van der Waals surface area contributed by atoms with Crippen LogP contribution in [0.5, 0.6) is 0 Å². The van der Waals surface area contributed by atoms with E-state index in [2.05, 4.69) is 19.8 Å². The first kappa shape index (κ1) is 13.0. The summed E-state index contributed by atoms with van der Waals surface area (Å²) in [5.41, 5.74) is 5.17. The fourth-order valence-corrected chi connectivity index (χ4v) is 2.25. The average molecular weight is 251 g/mol. The Kier molecular flexibility index (Phi) is 3.68. The summed E-state index contributed by atoms with van der Waals surface area (Å²) in [6, 6.07) is 0. The number of β-amino-alcohol motifs (C(OH)–C–C–N with tert-alkyl or cyclic N) is 1. The smallest absolute Gasteiger partial charge is 0.171 e. The standard InChI is InChI=1S/C12H21N5O/c1-12(2,18)9-16-5-7-17(8-6-16)11-10(13)14-3-4-15-11/h3-4,18H,5-9H2,1-2H3,(H2,13,14). The molecule has 0 aromatic carbocycles. The number of aromatic nitrogens is 2. The number of hydrogen-bond acceptors (Lipinski definition) is 6. The third kappa shape index (κ3) is 3.30. The van der Waals surface area contributed by atoms with Crippen LogP contribution in [-0.2, 0) is 0 Å². The molecule has 1 aliphatic heterocycles. The van der Waals surface area contributed by atoms with Gasteiger partial charge in [-0.25, -0.2) is 9.97 Å². The molecule has 1 fully saturated rings. The molecule has 3 N–H and O–H groups in total. The summed E-state index contributed by atoms with van der Waals surface area (Å²) in [6.07, 6.45) is 3.26. The average Bonchev–Trinajstić information content (AvgIpc) is 2.29. The molecule has 0 aliphatic carbocycles. The van der Waals surface area contributed by atoms with Crippen LogP contribution in [0.2, 0.25) is 0 Å². The van der Waals surface area contributed by atoms with Gasteiger partial charge in [0.15, 0.2) is 11.6 Å². The summed E-state index contributed by atoms with van der Waals surface area (Å²) in [6.45, 7) is 7.88. The molecule has 18 heavy (non-hydrogen) atoms. The Hall–Kier alpha value is -1.40. The van der Waals surface area contributed by atoms with Crippen LogP contribution < -0.4 is 10.6 Å². The van der Waals surface area contributed by atoms with Crippen molar-refractivity contribution in [1.29, 1.82) is 0 Å². The summed E-state index contributed by atoms with van der Waals surface area (Å²) in [5.74, 6) is 1.24. The third-order valence-corrected chi connectivity index (χ3v) is 2.99. The summed E-state index contributed by atoms with van der Waals surface area (Å²) < 4.78 is 0. The highest BCUT2D eigenvalue weighted by molar-refractivity contribution is 5.57. The molecule has 1 saturated heterocycles. The van der Waals surface area contributed by atoms with E-state index in [9.17, 15) is 5.11 Å². The number of nitrogens with two attached hydrogens (primary N) is 1. The quantitative estimate of drug-likeness (QED) is 0.784. The van der Waals surface area contributed by atoms with Crippen molar-refractivity contribution in [2.45, 2.75) is 19.4 Å². The van der Waals surface area contributed by atoms with Gasteiger partial charge in [0.05, 0.1) is 5.60 Å². The fourth-order valence-electron chi connectivity index (χ4n) is 2.25. The first-order chi connectivity index (χ1) is 8.46. The normalized spacial score (nSPS) is 18.1. The van der Waals surface area contributed by atoms with Gasteiger partial charge in [0.1, 0.15) is 0 Å². The van der Waals surface area contributed by atoms with Gasteiger partial charge < -0.3 is 15.7 Å². The molecule has 0 atom stereocenters. The molecule has 0 amide bonds. The Bertz CT molecular complexity index is 396. The number of hydrogen-bond donors (Lipinski definition) is 2. The van der Waals surface area contributed by atoms with Gasteiger partial charge in [0.2, 0.25) is 0 Å². The maximum atomic E-state index is 9.80. The van der Waals surface area contributed by atoms with Crippen molar-refractivity contribution >= 4 is 11.6 Å². The molecule has 2 heterocycles. The molecule has 1 aliphatic rings. The highest BCUT2D eigenvalue weighted by Crippen LogP contribution is 2.19. The highest BCUT2D eigenvalue weighted by Gasteiger charge is 2.24. The predicted octanol–water partition coefficient (Wildman–Crippen LogP) is -0.0483. The monoisotopic (exact) mass is 251 g/mol. The molecule has 100 valence electrons. The van der Waals surface area contributed by atoms with Crippen LogP contribution in [0.4, 0.5) is 11.6 Å². The Labute approximate surface area is 107 Å². The van der Waals surface area contributed by atoms with Crippen LogP contribution in [0.1, 0.15) is 13.8 Å². The highest BCUT2D eigenvalue weighted by atomic mass is 16.3. The largest absolute Gasteiger partial charge is 0.389 e. The number of aliphatic hydroxyl groups is 1. The lowest BCUT2D eigenvalue weighted by atomic mass is 10.1. The molecule has 0 saturated carbocycles. The molecule has 0 bridgehead atoms. The number of rotatable bonds is 3. The predicted molar refractivity (Wildman–Crippen MR) is 71.4 cm³/mol. The Morgan fingerprint density at radius 1 is 1.22 bits per heavy atom. The molecule has 0 spiro atoms. The Balaban J connectivity index is 1.93. The van der Waals surface area contributed by atoms with Crippen molar-refractivity contribution in [3.05, 3.63) is 12.4 Å². The molecule has 1 aromatic rings. The van der Waals surface area contributed by atoms with E-state index in [1.54, 1.807) is 12.4 Å². The van der Waals surface area contributed by atoms with Gasteiger partial charge in [-0.05, 0) is 13.8 Å². The molecule has 2 rings (SSSR count). The second-order valence-corrected chi connectivity index (χ2v) is 5.34. The van der Waals surface area contributed by atoms with Gasteiger partial charge in [-0.15, -0.1) is 0 Å². The van der Waals surface area contributed by atoms with Crippen LogP contribution in [0.3, 0.4) is 0 Å². The first-order valence-electron chi connectivity index (χ1n) is 6.22. The van der Waals surface area contributed by atoms with E-state index in [1.807, 2.05) is 13.8 Å². The van der Waals surface area contributed by atoms with Crippen LogP contribution >= 0.6 is 0 Å².